The van der Waals surface area contributed by atoms with Crippen LogP contribution in [0, 0.1) is 5.92 Å². The lowest BCUT2D eigenvalue weighted by molar-refractivity contribution is 0.409. The molecule has 2 rings (SSSR count). The fourth-order valence-corrected chi connectivity index (χ4v) is 2.12. The van der Waals surface area contributed by atoms with E-state index in [0.717, 1.165) is 30.6 Å². The van der Waals surface area contributed by atoms with Gasteiger partial charge in [0.2, 0.25) is 0 Å². The fourth-order valence-electron chi connectivity index (χ4n) is 2.12. The second kappa shape index (κ2) is 8.34. The average Bonchev–Trinajstić information content (AvgIpc) is 3.13. The maximum Gasteiger partial charge on any atom is 0.191 e. The number of ether oxygens (including phenoxy) is 1. The first-order chi connectivity index (χ1) is 9.24. The zero-order valence-electron chi connectivity index (χ0n) is 12.3. The number of methoxy groups -OCH3 is 1. The Morgan fingerprint density at radius 3 is 2.70 bits per heavy atom. The van der Waals surface area contributed by atoms with Crippen molar-refractivity contribution in [3.63, 3.8) is 0 Å². The second-order valence-electron chi connectivity index (χ2n) is 5.02. The van der Waals surface area contributed by atoms with Crippen molar-refractivity contribution in [3.05, 3.63) is 29.8 Å². The highest BCUT2D eigenvalue weighted by molar-refractivity contribution is 14.0. The first-order valence-corrected chi connectivity index (χ1v) is 6.83. The van der Waals surface area contributed by atoms with Crippen LogP contribution in [0.2, 0.25) is 0 Å². The molecule has 2 unspecified atom stereocenters. The SMILES string of the molecule is CN=C(NCCc1ccccc1OC)NC1CC1C.I. The van der Waals surface area contributed by atoms with Crippen LogP contribution in [0.15, 0.2) is 29.3 Å². The smallest absolute Gasteiger partial charge is 0.191 e. The van der Waals surface area contributed by atoms with E-state index in [1.807, 2.05) is 25.2 Å². The lowest BCUT2D eigenvalue weighted by atomic mass is 10.1. The first-order valence-electron chi connectivity index (χ1n) is 6.83. The minimum Gasteiger partial charge on any atom is -0.496 e. The largest absolute Gasteiger partial charge is 0.496 e. The molecule has 1 saturated carbocycles. The molecule has 1 aromatic carbocycles. The summed E-state index contributed by atoms with van der Waals surface area (Å²) in [5.74, 6) is 2.61. The fraction of sp³-hybridized carbons (Fsp3) is 0.533. The Hall–Kier alpha value is -0.980. The Bertz CT molecular complexity index is 450. The third kappa shape index (κ3) is 4.85. The summed E-state index contributed by atoms with van der Waals surface area (Å²) in [4.78, 5) is 4.24. The van der Waals surface area contributed by atoms with Crippen LogP contribution in [0.1, 0.15) is 18.9 Å². The number of hydrogen-bond acceptors (Lipinski definition) is 2. The van der Waals surface area contributed by atoms with E-state index in [2.05, 4.69) is 28.6 Å². The second-order valence-corrected chi connectivity index (χ2v) is 5.02. The van der Waals surface area contributed by atoms with E-state index in [4.69, 9.17) is 4.74 Å². The number of hydrogen-bond donors (Lipinski definition) is 2. The standard InChI is InChI=1S/C15H23N3O.HI/c1-11-10-13(11)18-15(16-2)17-9-8-12-6-4-5-7-14(12)19-3;/h4-7,11,13H,8-10H2,1-3H3,(H2,16,17,18);1H. The maximum atomic E-state index is 5.34. The normalized spacial score (nSPS) is 20.9. The number of para-hydroxylation sites is 1. The summed E-state index contributed by atoms with van der Waals surface area (Å²) < 4.78 is 5.34. The molecule has 0 radical (unpaired) electrons. The van der Waals surface area contributed by atoms with Gasteiger partial charge in [-0.2, -0.15) is 0 Å². The monoisotopic (exact) mass is 389 g/mol. The zero-order chi connectivity index (χ0) is 13.7. The molecule has 112 valence electrons. The molecule has 2 N–H and O–H groups in total. The molecule has 4 nitrogen and oxygen atoms in total. The summed E-state index contributed by atoms with van der Waals surface area (Å²) in [7, 11) is 3.52. The number of benzene rings is 1. The third-order valence-corrected chi connectivity index (χ3v) is 3.53. The number of halogens is 1. The molecule has 0 spiro atoms. The Balaban J connectivity index is 0.00000200. The van der Waals surface area contributed by atoms with Crippen molar-refractivity contribution < 1.29 is 4.74 Å². The van der Waals surface area contributed by atoms with Crippen LogP contribution >= 0.6 is 24.0 Å². The number of aliphatic imine (C=N–C) groups is 1. The lowest BCUT2D eigenvalue weighted by Crippen LogP contribution is -2.39. The van der Waals surface area contributed by atoms with E-state index in [-0.39, 0.29) is 24.0 Å². The molecule has 0 bridgehead atoms. The molecule has 0 saturated heterocycles. The minimum atomic E-state index is 0. The van der Waals surface area contributed by atoms with Crippen LogP contribution in [-0.4, -0.2) is 32.7 Å². The van der Waals surface area contributed by atoms with Gasteiger partial charge in [-0.3, -0.25) is 4.99 Å². The van der Waals surface area contributed by atoms with Gasteiger partial charge in [-0.25, -0.2) is 0 Å². The lowest BCUT2D eigenvalue weighted by Gasteiger charge is -2.12. The first kappa shape index (κ1) is 17.1. The van der Waals surface area contributed by atoms with Gasteiger partial charge in [-0.1, -0.05) is 25.1 Å². The van der Waals surface area contributed by atoms with E-state index < -0.39 is 0 Å². The predicted octanol–water partition coefficient (Wildman–Crippen LogP) is 2.43. The van der Waals surface area contributed by atoms with Gasteiger partial charge in [0.1, 0.15) is 5.75 Å². The van der Waals surface area contributed by atoms with E-state index in [1.54, 1.807) is 7.11 Å². The van der Waals surface area contributed by atoms with Crippen molar-refractivity contribution in [1.29, 1.82) is 0 Å². The third-order valence-electron chi connectivity index (χ3n) is 3.53. The molecule has 0 amide bonds. The van der Waals surface area contributed by atoms with Crippen LogP contribution in [0.3, 0.4) is 0 Å². The number of guanidine groups is 1. The van der Waals surface area contributed by atoms with Crippen molar-refractivity contribution in [3.8, 4) is 5.75 Å². The number of rotatable bonds is 5. The molecule has 0 aliphatic heterocycles. The summed E-state index contributed by atoms with van der Waals surface area (Å²) in [6, 6.07) is 8.72. The van der Waals surface area contributed by atoms with Crippen LogP contribution in [0.25, 0.3) is 0 Å². The molecule has 1 fully saturated rings. The van der Waals surface area contributed by atoms with Crippen LogP contribution in [0.4, 0.5) is 0 Å². The van der Waals surface area contributed by atoms with Crippen molar-refractivity contribution >= 4 is 29.9 Å². The van der Waals surface area contributed by atoms with Gasteiger partial charge in [0.05, 0.1) is 7.11 Å². The van der Waals surface area contributed by atoms with Gasteiger partial charge >= 0.3 is 0 Å². The highest BCUT2D eigenvalue weighted by atomic mass is 127. The van der Waals surface area contributed by atoms with Gasteiger partial charge in [-0.15, -0.1) is 24.0 Å². The van der Waals surface area contributed by atoms with E-state index in [9.17, 15) is 0 Å². The molecule has 20 heavy (non-hydrogen) atoms. The predicted molar refractivity (Wildman–Crippen MR) is 94.2 cm³/mol. The average molecular weight is 389 g/mol. The van der Waals surface area contributed by atoms with Crippen molar-refractivity contribution in [2.75, 3.05) is 20.7 Å². The molecule has 1 aromatic rings. The van der Waals surface area contributed by atoms with Crippen LogP contribution in [-0.2, 0) is 6.42 Å². The van der Waals surface area contributed by atoms with Crippen molar-refractivity contribution in [2.24, 2.45) is 10.9 Å². The molecule has 1 aliphatic carbocycles. The Morgan fingerprint density at radius 1 is 1.40 bits per heavy atom. The Morgan fingerprint density at radius 2 is 2.10 bits per heavy atom. The zero-order valence-corrected chi connectivity index (χ0v) is 14.7. The highest BCUT2D eigenvalue weighted by Gasteiger charge is 2.33. The van der Waals surface area contributed by atoms with E-state index >= 15 is 0 Å². The molecular weight excluding hydrogens is 365 g/mol. The summed E-state index contributed by atoms with van der Waals surface area (Å²) >= 11 is 0. The van der Waals surface area contributed by atoms with Crippen molar-refractivity contribution in [1.82, 2.24) is 10.6 Å². The van der Waals surface area contributed by atoms with E-state index in [1.165, 1.54) is 12.0 Å². The molecular formula is C15H24IN3O. The molecule has 0 heterocycles. The molecule has 0 aromatic heterocycles. The summed E-state index contributed by atoms with van der Waals surface area (Å²) in [5.41, 5.74) is 1.22. The number of nitrogens with one attached hydrogen (secondary N) is 2. The molecule has 1 aliphatic rings. The quantitative estimate of drug-likeness (QED) is 0.462. The van der Waals surface area contributed by atoms with Crippen molar-refractivity contribution in [2.45, 2.75) is 25.8 Å². The summed E-state index contributed by atoms with van der Waals surface area (Å²) in [6.07, 6.45) is 2.16. The summed E-state index contributed by atoms with van der Waals surface area (Å²) in [6.45, 7) is 3.10. The topological polar surface area (TPSA) is 45.7 Å². The van der Waals surface area contributed by atoms with Crippen LogP contribution < -0.4 is 15.4 Å². The van der Waals surface area contributed by atoms with E-state index in [0.29, 0.717) is 6.04 Å². The Labute approximate surface area is 138 Å². The van der Waals surface area contributed by atoms with Gasteiger partial charge in [0.25, 0.3) is 0 Å². The minimum absolute atomic E-state index is 0. The van der Waals surface area contributed by atoms with Crippen LogP contribution in [0.5, 0.6) is 5.75 Å². The van der Waals surface area contributed by atoms with Gasteiger partial charge in [-0.05, 0) is 30.4 Å². The highest BCUT2D eigenvalue weighted by Crippen LogP contribution is 2.28. The number of nitrogens with zero attached hydrogens (tertiary/aromatic N) is 1. The Kier molecular flexibility index (Phi) is 7.12. The van der Waals surface area contributed by atoms with Gasteiger partial charge in [0.15, 0.2) is 5.96 Å². The molecule has 5 heteroatoms. The van der Waals surface area contributed by atoms with Gasteiger partial charge < -0.3 is 15.4 Å². The summed E-state index contributed by atoms with van der Waals surface area (Å²) in [5, 5.41) is 6.76. The maximum absolute atomic E-state index is 5.34. The van der Waals surface area contributed by atoms with Gasteiger partial charge in [0, 0.05) is 19.6 Å². The molecule has 2 atom stereocenters.